The maximum Gasteiger partial charge on any atom is 0.345 e. The molecular formula is C29H24Cl2N2O4. The molecule has 6 nitrogen and oxygen atoms in total. The number of hydrogen-bond donors (Lipinski definition) is 1. The Kier molecular flexibility index (Phi) is 8.77. The zero-order valence-corrected chi connectivity index (χ0v) is 21.6. The predicted octanol–water partition coefficient (Wildman–Crippen LogP) is 7.31. The summed E-state index contributed by atoms with van der Waals surface area (Å²) in [5.41, 5.74) is 3.66. The molecule has 0 saturated carbocycles. The molecule has 0 radical (unpaired) electrons. The standard InChI is InChI=1S/C29H24Cl2N2O4/c1-2-3-16-36-22-12-8-20(9-13-22)28(34)33-32-18-25-23-7-5-4-6-19(23)10-15-27(25)37-29(35)24-14-11-21(30)17-26(24)31/h4-15,17-18H,2-3,16H2,1H3,(H,33,34). The van der Waals surface area contributed by atoms with Crippen LogP contribution in [0.25, 0.3) is 10.8 Å². The highest BCUT2D eigenvalue weighted by atomic mass is 35.5. The van der Waals surface area contributed by atoms with Gasteiger partial charge in [-0.25, -0.2) is 10.2 Å². The topological polar surface area (TPSA) is 77.0 Å². The number of halogens is 2. The molecule has 0 heterocycles. The van der Waals surface area contributed by atoms with E-state index in [0.717, 1.165) is 23.6 Å². The van der Waals surface area contributed by atoms with E-state index in [1.807, 2.05) is 30.3 Å². The van der Waals surface area contributed by atoms with Gasteiger partial charge >= 0.3 is 5.97 Å². The Bertz CT molecular complexity index is 1450. The number of fused-ring (bicyclic) bond motifs is 1. The summed E-state index contributed by atoms with van der Waals surface area (Å²) in [4.78, 5) is 25.4. The summed E-state index contributed by atoms with van der Waals surface area (Å²) in [6.45, 7) is 2.73. The van der Waals surface area contributed by atoms with Crippen molar-refractivity contribution in [2.45, 2.75) is 19.8 Å². The normalized spacial score (nSPS) is 11.0. The minimum absolute atomic E-state index is 0.178. The Balaban J connectivity index is 1.53. The van der Waals surface area contributed by atoms with Crippen LogP contribution in [0.1, 0.15) is 46.0 Å². The molecule has 0 fully saturated rings. The minimum Gasteiger partial charge on any atom is -0.494 e. The molecule has 37 heavy (non-hydrogen) atoms. The molecule has 0 saturated heterocycles. The van der Waals surface area contributed by atoms with Crippen LogP contribution in [0.4, 0.5) is 0 Å². The minimum atomic E-state index is -0.642. The fourth-order valence-electron chi connectivity index (χ4n) is 3.56. The summed E-state index contributed by atoms with van der Waals surface area (Å²) in [6, 6.07) is 22.5. The number of benzene rings is 4. The second-order valence-corrected chi connectivity index (χ2v) is 8.98. The van der Waals surface area contributed by atoms with Crippen LogP contribution in [-0.4, -0.2) is 24.7 Å². The Morgan fingerprint density at radius 2 is 1.76 bits per heavy atom. The number of rotatable bonds is 9. The van der Waals surface area contributed by atoms with Crippen LogP contribution < -0.4 is 14.9 Å². The molecule has 4 aromatic carbocycles. The largest absolute Gasteiger partial charge is 0.494 e. The second-order valence-electron chi connectivity index (χ2n) is 8.14. The van der Waals surface area contributed by atoms with Crippen molar-refractivity contribution >= 4 is 52.1 Å². The molecule has 0 spiro atoms. The molecule has 188 valence electrons. The molecule has 1 N–H and O–H groups in total. The molecule has 1 amide bonds. The van der Waals surface area contributed by atoms with Crippen molar-refractivity contribution < 1.29 is 19.1 Å². The van der Waals surface area contributed by atoms with Gasteiger partial charge < -0.3 is 9.47 Å². The van der Waals surface area contributed by atoms with E-state index in [1.54, 1.807) is 36.4 Å². The molecule has 0 atom stereocenters. The van der Waals surface area contributed by atoms with Crippen molar-refractivity contribution in [3.8, 4) is 11.5 Å². The molecule has 0 aliphatic heterocycles. The summed E-state index contributed by atoms with van der Waals surface area (Å²) >= 11 is 12.1. The number of nitrogens with zero attached hydrogens (tertiary/aromatic N) is 1. The van der Waals surface area contributed by atoms with Crippen LogP contribution in [0.3, 0.4) is 0 Å². The van der Waals surface area contributed by atoms with Crippen LogP contribution in [0, 0.1) is 0 Å². The summed E-state index contributed by atoms with van der Waals surface area (Å²) < 4.78 is 11.3. The van der Waals surface area contributed by atoms with Gasteiger partial charge in [-0.3, -0.25) is 4.79 Å². The third kappa shape index (κ3) is 6.67. The lowest BCUT2D eigenvalue weighted by Crippen LogP contribution is -2.17. The Morgan fingerprint density at radius 1 is 0.973 bits per heavy atom. The van der Waals surface area contributed by atoms with E-state index in [9.17, 15) is 9.59 Å². The van der Waals surface area contributed by atoms with Crippen molar-refractivity contribution in [2.75, 3.05) is 6.61 Å². The molecule has 4 aromatic rings. The maximum absolute atomic E-state index is 12.8. The number of amides is 1. The first-order valence-electron chi connectivity index (χ1n) is 11.7. The average Bonchev–Trinajstić information content (AvgIpc) is 2.90. The highest BCUT2D eigenvalue weighted by molar-refractivity contribution is 6.36. The van der Waals surface area contributed by atoms with Gasteiger partial charge in [0.25, 0.3) is 5.91 Å². The molecule has 0 aliphatic carbocycles. The van der Waals surface area contributed by atoms with Gasteiger partial charge in [-0.2, -0.15) is 5.10 Å². The highest BCUT2D eigenvalue weighted by Crippen LogP contribution is 2.29. The molecule has 4 rings (SSSR count). The van der Waals surface area contributed by atoms with E-state index < -0.39 is 5.97 Å². The summed E-state index contributed by atoms with van der Waals surface area (Å²) in [7, 11) is 0. The smallest absolute Gasteiger partial charge is 0.345 e. The first-order chi connectivity index (χ1) is 18.0. The molecule has 8 heteroatoms. The summed E-state index contributed by atoms with van der Waals surface area (Å²) in [5, 5.41) is 6.43. The first-order valence-corrected chi connectivity index (χ1v) is 12.5. The third-order valence-corrected chi connectivity index (χ3v) is 6.08. The average molecular weight is 535 g/mol. The fraction of sp³-hybridized carbons (Fsp3) is 0.138. The van der Waals surface area contributed by atoms with Gasteiger partial charge in [0, 0.05) is 16.1 Å². The van der Waals surface area contributed by atoms with Gasteiger partial charge in [0.2, 0.25) is 0 Å². The lowest BCUT2D eigenvalue weighted by atomic mass is 10.0. The van der Waals surface area contributed by atoms with Gasteiger partial charge in [0.05, 0.1) is 23.4 Å². The van der Waals surface area contributed by atoms with E-state index in [1.165, 1.54) is 18.3 Å². The Labute approximate surface area is 224 Å². The zero-order valence-electron chi connectivity index (χ0n) is 20.0. The van der Waals surface area contributed by atoms with Crippen molar-refractivity contribution in [1.82, 2.24) is 5.43 Å². The third-order valence-electron chi connectivity index (χ3n) is 5.53. The predicted molar refractivity (Wildman–Crippen MR) is 147 cm³/mol. The van der Waals surface area contributed by atoms with Crippen molar-refractivity contribution in [3.05, 3.63) is 106 Å². The number of ether oxygens (including phenoxy) is 2. The van der Waals surface area contributed by atoms with E-state index in [-0.39, 0.29) is 22.2 Å². The Morgan fingerprint density at radius 3 is 2.51 bits per heavy atom. The fourth-order valence-corrected chi connectivity index (χ4v) is 4.05. The highest BCUT2D eigenvalue weighted by Gasteiger charge is 2.16. The number of nitrogens with one attached hydrogen (secondary N) is 1. The molecular weight excluding hydrogens is 511 g/mol. The summed E-state index contributed by atoms with van der Waals surface area (Å²) in [6.07, 6.45) is 3.47. The summed E-state index contributed by atoms with van der Waals surface area (Å²) in [5.74, 6) is -0.0576. The quantitative estimate of drug-likeness (QED) is 0.0802. The van der Waals surface area contributed by atoms with Gasteiger partial charge in [0.15, 0.2) is 0 Å². The lowest BCUT2D eigenvalue weighted by molar-refractivity contribution is 0.0734. The second kappa shape index (κ2) is 12.4. The number of esters is 1. The monoisotopic (exact) mass is 534 g/mol. The molecule has 0 aliphatic rings. The molecule has 0 aromatic heterocycles. The molecule has 0 unspecified atom stereocenters. The van der Waals surface area contributed by atoms with Crippen LogP contribution in [0.2, 0.25) is 10.0 Å². The van der Waals surface area contributed by atoms with E-state index in [4.69, 9.17) is 32.7 Å². The first kappa shape index (κ1) is 26.2. The van der Waals surface area contributed by atoms with Gasteiger partial charge in [-0.1, -0.05) is 66.9 Å². The van der Waals surface area contributed by atoms with Crippen LogP contribution >= 0.6 is 23.2 Å². The van der Waals surface area contributed by atoms with Crippen LogP contribution in [0.5, 0.6) is 11.5 Å². The van der Waals surface area contributed by atoms with Crippen LogP contribution in [0.15, 0.2) is 84.0 Å². The van der Waals surface area contributed by atoms with Crippen LogP contribution in [-0.2, 0) is 0 Å². The molecule has 0 bridgehead atoms. The van der Waals surface area contributed by atoms with Crippen molar-refractivity contribution in [1.29, 1.82) is 0 Å². The maximum atomic E-state index is 12.8. The van der Waals surface area contributed by atoms with Crippen molar-refractivity contribution in [3.63, 3.8) is 0 Å². The van der Waals surface area contributed by atoms with E-state index >= 15 is 0 Å². The van der Waals surface area contributed by atoms with E-state index in [0.29, 0.717) is 28.5 Å². The number of unbranched alkanes of at least 4 members (excludes halogenated alkanes) is 1. The number of hydrazone groups is 1. The van der Waals surface area contributed by atoms with E-state index in [2.05, 4.69) is 17.5 Å². The van der Waals surface area contributed by atoms with Gasteiger partial charge in [0.1, 0.15) is 11.5 Å². The lowest BCUT2D eigenvalue weighted by Gasteiger charge is -2.11. The number of hydrogen-bond acceptors (Lipinski definition) is 5. The number of carbonyl (C=O) groups excluding carboxylic acids is 2. The Hall–Kier alpha value is -3.87. The van der Waals surface area contributed by atoms with Crippen molar-refractivity contribution in [2.24, 2.45) is 5.10 Å². The SMILES string of the molecule is CCCCOc1ccc(C(=O)NN=Cc2c(OC(=O)c3ccc(Cl)cc3Cl)ccc3ccccc23)cc1. The number of carbonyl (C=O) groups is 2. The zero-order chi connectivity index (χ0) is 26.2. The van der Waals surface area contributed by atoms with Gasteiger partial charge in [-0.05, 0) is 65.7 Å². The van der Waals surface area contributed by atoms with Gasteiger partial charge in [-0.15, -0.1) is 0 Å².